The van der Waals surface area contributed by atoms with Gasteiger partial charge in [-0.25, -0.2) is 4.79 Å². The van der Waals surface area contributed by atoms with Gasteiger partial charge < -0.3 is 10.2 Å². The minimum Gasteiger partial charge on any atom is -0.335 e. The summed E-state index contributed by atoms with van der Waals surface area (Å²) >= 11 is 12.3. The zero-order chi connectivity index (χ0) is 21.5. The van der Waals surface area contributed by atoms with E-state index in [0.29, 0.717) is 28.6 Å². The number of benzene rings is 2. The molecule has 0 spiro atoms. The quantitative estimate of drug-likeness (QED) is 0.416. The van der Waals surface area contributed by atoms with Crippen LogP contribution in [0, 0.1) is 10.1 Å². The number of nitro benzene ring substituents is 1. The fourth-order valence-corrected chi connectivity index (χ4v) is 4.28. The van der Waals surface area contributed by atoms with Gasteiger partial charge in [0.05, 0.1) is 11.5 Å². The van der Waals surface area contributed by atoms with Crippen molar-refractivity contribution in [2.45, 2.75) is 51.1 Å². The Bertz CT molecular complexity index is 901. The zero-order valence-corrected chi connectivity index (χ0v) is 18.2. The molecular formula is C22H25Cl2N3O3. The van der Waals surface area contributed by atoms with Gasteiger partial charge in [-0.2, -0.15) is 0 Å². The second kappa shape index (κ2) is 10.6. The molecule has 3 rings (SSSR count). The topological polar surface area (TPSA) is 75.5 Å². The lowest BCUT2D eigenvalue weighted by molar-refractivity contribution is -0.385. The molecule has 0 heterocycles. The first-order chi connectivity index (χ1) is 14.4. The highest BCUT2D eigenvalue weighted by atomic mass is 35.5. The van der Waals surface area contributed by atoms with E-state index in [1.165, 1.54) is 12.5 Å². The number of nitrogens with zero attached hydrogens (tertiary/aromatic N) is 2. The van der Waals surface area contributed by atoms with Crippen molar-refractivity contribution in [1.82, 2.24) is 10.2 Å². The molecule has 1 aliphatic rings. The molecule has 0 aromatic heterocycles. The number of rotatable bonds is 7. The predicted octanol–water partition coefficient (Wildman–Crippen LogP) is 5.99. The molecular weight excluding hydrogens is 425 g/mol. The minimum atomic E-state index is -0.414. The molecule has 6 nitrogen and oxygen atoms in total. The van der Waals surface area contributed by atoms with Crippen molar-refractivity contribution in [1.29, 1.82) is 0 Å². The summed E-state index contributed by atoms with van der Waals surface area (Å²) in [5.74, 6) is 0. The van der Waals surface area contributed by atoms with Crippen molar-refractivity contribution >= 4 is 34.9 Å². The Balaban J connectivity index is 1.76. The summed E-state index contributed by atoms with van der Waals surface area (Å²) in [6, 6.07) is 11.7. The lowest BCUT2D eigenvalue weighted by Gasteiger charge is -2.28. The summed E-state index contributed by atoms with van der Waals surface area (Å²) in [7, 11) is 0. The van der Waals surface area contributed by atoms with Gasteiger partial charge in [0, 0.05) is 34.3 Å². The number of nitro groups is 1. The van der Waals surface area contributed by atoms with Gasteiger partial charge in [-0.3, -0.25) is 10.1 Å². The van der Waals surface area contributed by atoms with Crippen molar-refractivity contribution in [3.05, 3.63) is 73.8 Å². The number of carbonyl (C=O) groups is 1. The third-order valence-electron chi connectivity index (χ3n) is 5.44. The molecule has 1 fully saturated rings. The second-order valence-corrected chi connectivity index (χ2v) is 8.42. The van der Waals surface area contributed by atoms with E-state index in [1.54, 1.807) is 35.2 Å². The smallest absolute Gasteiger partial charge is 0.317 e. The average molecular weight is 450 g/mol. The summed E-state index contributed by atoms with van der Waals surface area (Å²) in [5.41, 5.74) is 1.39. The lowest BCUT2D eigenvalue weighted by atomic mass is 9.96. The van der Waals surface area contributed by atoms with Crippen LogP contribution in [0.15, 0.2) is 42.5 Å². The number of para-hydroxylation sites is 1. The lowest BCUT2D eigenvalue weighted by Crippen LogP contribution is -2.46. The van der Waals surface area contributed by atoms with Crippen LogP contribution in [0.1, 0.15) is 43.2 Å². The van der Waals surface area contributed by atoms with Crippen LogP contribution in [0.5, 0.6) is 0 Å². The van der Waals surface area contributed by atoms with E-state index < -0.39 is 4.92 Å². The van der Waals surface area contributed by atoms with Crippen molar-refractivity contribution in [3.8, 4) is 0 Å². The highest BCUT2D eigenvalue weighted by Gasteiger charge is 2.23. The van der Waals surface area contributed by atoms with Gasteiger partial charge >= 0.3 is 6.03 Å². The third kappa shape index (κ3) is 6.09. The summed E-state index contributed by atoms with van der Waals surface area (Å²) < 4.78 is 0. The molecule has 0 bridgehead atoms. The van der Waals surface area contributed by atoms with E-state index in [4.69, 9.17) is 23.2 Å². The van der Waals surface area contributed by atoms with E-state index >= 15 is 0 Å². The maximum Gasteiger partial charge on any atom is 0.317 e. The van der Waals surface area contributed by atoms with E-state index in [0.717, 1.165) is 31.2 Å². The Morgan fingerprint density at radius 2 is 1.83 bits per heavy atom. The molecule has 1 N–H and O–H groups in total. The summed E-state index contributed by atoms with van der Waals surface area (Å²) in [6.45, 7) is 0.535. The standard InChI is InChI=1S/C22H25Cl2N3O3/c23-18-11-10-16(20(24)14-18)12-13-26(22(28)25-19-7-2-1-3-8-19)15-17-6-4-5-9-21(17)27(29)30/h4-6,9-11,14,19H,1-3,7-8,12-13,15H2,(H,25,28). The summed E-state index contributed by atoms with van der Waals surface area (Å²) in [6.07, 6.45) is 5.86. The van der Waals surface area contributed by atoms with Gasteiger partial charge in [0.1, 0.15) is 0 Å². The van der Waals surface area contributed by atoms with Crippen LogP contribution in [0.2, 0.25) is 10.0 Å². The van der Waals surface area contributed by atoms with E-state index in [1.807, 2.05) is 6.07 Å². The number of amides is 2. The molecule has 1 aliphatic carbocycles. The van der Waals surface area contributed by atoms with Crippen LogP contribution in [0.25, 0.3) is 0 Å². The molecule has 160 valence electrons. The first-order valence-electron chi connectivity index (χ1n) is 10.2. The first-order valence-corrected chi connectivity index (χ1v) is 10.9. The summed E-state index contributed by atoms with van der Waals surface area (Å²) in [4.78, 5) is 25.7. The van der Waals surface area contributed by atoms with E-state index in [2.05, 4.69) is 5.32 Å². The van der Waals surface area contributed by atoms with Gasteiger partial charge in [-0.05, 0) is 37.0 Å². The van der Waals surface area contributed by atoms with Gasteiger partial charge in [0.25, 0.3) is 5.69 Å². The second-order valence-electron chi connectivity index (χ2n) is 7.58. The van der Waals surface area contributed by atoms with Crippen molar-refractivity contribution in [2.75, 3.05) is 6.54 Å². The SMILES string of the molecule is O=C(NC1CCCCC1)N(CCc1ccc(Cl)cc1Cl)Cc1ccccc1[N+](=O)[O-]. The monoisotopic (exact) mass is 449 g/mol. The third-order valence-corrected chi connectivity index (χ3v) is 6.02. The molecule has 2 aromatic carbocycles. The average Bonchev–Trinajstić information content (AvgIpc) is 2.73. The van der Waals surface area contributed by atoms with Gasteiger partial charge in [-0.15, -0.1) is 0 Å². The highest BCUT2D eigenvalue weighted by molar-refractivity contribution is 6.35. The largest absolute Gasteiger partial charge is 0.335 e. The van der Waals surface area contributed by atoms with Crippen LogP contribution >= 0.6 is 23.2 Å². The van der Waals surface area contributed by atoms with E-state index in [9.17, 15) is 14.9 Å². The molecule has 0 radical (unpaired) electrons. The molecule has 30 heavy (non-hydrogen) atoms. The Kier molecular flexibility index (Phi) is 7.94. The number of halogens is 2. The normalized spacial score (nSPS) is 14.3. The molecule has 2 amide bonds. The van der Waals surface area contributed by atoms with Gasteiger partial charge in [0.2, 0.25) is 0 Å². The van der Waals surface area contributed by atoms with Crippen LogP contribution in [-0.2, 0) is 13.0 Å². The molecule has 0 atom stereocenters. The zero-order valence-electron chi connectivity index (χ0n) is 16.7. The first kappa shape index (κ1) is 22.4. The van der Waals surface area contributed by atoms with E-state index in [-0.39, 0.29) is 24.3 Å². The molecule has 2 aromatic rings. The summed E-state index contributed by atoms with van der Waals surface area (Å²) in [5, 5.41) is 15.6. The molecule has 1 saturated carbocycles. The van der Waals surface area contributed by atoms with Crippen molar-refractivity contribution in [3.63, 3.8) is 0 Å². The maximum atomic E-state index is 13.0. The number of nitrogens with one attached hydrogen (secondary N) is 1. The van der Waals surface area contributed by atoms with Crippen LogP contribution in [-0.4, -0.2) is 28.4 Å². The fourth-order valence-electron chi connectivity index (χ4n) is 3.77. The van der Waals surface area contributed by atoms with Crippen molar-refractivity contribution < 1.29 is 9.72 Å². The van der Waals surface area contributed by atoms with Crippen LogP contribution in [0.4, 0.5) is 10.5 Å². The van der Waals surface area contributed by atoms with Crippen LogP contribution in [0.3, 0.4) is 0 Å². The Labute approximate surface area is 186 Å². The Hall–Kier alpha value is -2.31. The predicted molar refractivity (Wildman–Crippen MR) is 119 cm³/mol. The van der Waals surface area contributed by atoms with Crippen molar-refractivity contribution in [2.24, 2.45) is 0 Å². The number of hydrogen-bond donors (Lipinski definition) is 1. The molecule has 0 aliphatic heterocycles. The molecule has 8 heteroatoms. The Morgan fingerprint density at radius 1 is 1.10 bits per heavy atom. The minimum absolute atomic E-state index is 0.0116. The highest BCUT2D eigenvalue weighted by Crippen LogP contribution is 2.24. The molecule has 0 unspecified atom stereocenters. The number of urea groups is 1. The van der Waals surface area contributed by atoms with Gasteiger partial charge in [0.15, 0.2) is 0 Å². The fraction of sp³-hybridized carbons (Fsp3) is 0.409. The molecule has 0 saturated heterocycles. The Morgan fingerprint density at radius 3 is 2.53 bits per heavy atom. The maximum absolute atomic E-state index is 13.0. The number of carbonyl (C=O) groups excluding carboxylic acids is 1. The van der Waals surface area contributed by atoms with Crippen LogP contribution < -0.4 is 5.32 Å². The number of hydrogen-bond acceptors (Lipinski definition) is 3. The van der Waals surface area contributed by atoms with Gasteiger partial charge in [-0.1, -0.05) is 66.7 Å².